The van der Waals surface area contributed by atoms with Gasteiger partial charge in [0.2, 0.25) is 11.6 Å². The first-order valence-corrected chi connectivity index (χ1v) is 8.69. The van der Waals surface area contributed by atoms with Crippen LogP contribution in [0.3, 0.4) is 0 Å². The van der Waals surface area contributed by atoms with E-state index in [0.29, 0.717) is 10.0 Å². The van der Waals surface area contributed by atoms with Crippen LogP contribution in [0.15, 0.2) is 39.4 Å². The van der Waals surface area contributed by atoms with Crippen molar-refractivity contribution >= 4 is 59.4 Å². The van der Waals surface area contributed by atoms with Crippen LogP contribution in [0, 0.1) is 0 Å². The summed E-state index contributed by atoms with van der Waals surface area (Å²) in [5.41, 5.74) is 1.38. The number of allylic oxidation sites excluding steroid dienone is 1. The molecule has 2 aromatic rings. The van der Waals surface area contributed by atoms with E-state index in [2.05, 4.69) is 37.2 Å². The van der Waals surface area contributed by atoms with Gasteiger partial charge in [0.1, 0.15) is 6.26 Å². The van der Waals surface area contributed by atoms with Gasteiger partial charge in [-0.3, -0.25) is 14.4 Å². The fourth-order valence-corrected chi connectivity index (χ4v) is 3.26. The molecule has 1 aromatic heterocycles. The molecule has 1 aliphatic rings. The van der Waals surface area contributed by atoms with Crippen LogP contribution in [0.5, 0.6) is 0 Å². The number of nitrogens with one attached hydrogen (secondary N) is 1. The summed E-state index contributed by atoms with van der Waals surface area (Å²) in [7, 11) is 0. The highest BCUT2D eigenvalue weighted by atomic mass is 79.9. The number of halogens is 2. The Bertz CT molecular complexity index is 894. The second-order valence-electron chi connectivity index (χ2n) is 5.08. The lowest BCUT2D eigenvalue weighted by molar-refractivity contribution is -0.111. The van der Waals surface area contributed by atoms with E-state index in [1.807, 2.05) is 6.92 Å². The highest BCUT2D eigenvalue weighted by Gasteiger charge is 2.37. The molecule has 0 unspecified atom stereocenters. The lowest BCUT2D eigenvalue weighted by atomic mass is 9.94. The Morgan fingerprint density at radius 3 is 2.38 bits per heavy atom. The molecule has 0 bridgehead atoms. The van der Waals surface area contributed by atoms with Crippen molar-refractivity contribution in [2.45, 2.75) is 6.92 Å². The first kappa shape index (κ1) is 16.9. The predicted molar refractivity (Wildman–Crippen MR) is 96.9 cm³/mol. The summed E-state index contributed by atoms with van der Waals surface area (Å²) in [4.78, 5) is 37.0. The zero-order valence-corrected chi connectivity index (χ0v) is 15.7. The van der Waals surface area contributed by atoms with Gasteiger partial charge in [-0.05, 0) is 63.0 Å². The molecule has 0 fully saturated rings. The van der Waals surface area contributed by atoms with E-state index in [1.165, 1.54) is 6.26 Å². The van der Waals surface area contributed by atoms with Crippen LogP contribution in [0.4, 0.5) is 5.69 Å². The van der Waals surface area contributed by atoms with Gasteiger partial charge >= 0.3 is 0 Å². The van der Waals surface area contributed by atoms with Crippen LogP contribution in [0.25, 0.3) is 4.48 Å². The molecule has 0 radical (unpaired) electrons. The third-order valence-corrected chi connectivity index (χ3v) is 5.63. The molecule has 24 heavy (non-hydrogen) atoms. The Morgan fingerprint density at radius 2 is 1.75 bits per heavy atom. The molecular weight excluding hydrogens is 442 g/mol. The minimum absolute atomic E-state index is 0.00386. The average Bonchev–Trinajstić information content (AvgIpc) is 3.03. The molecule has 5 nitrogen and oxygen atoms in total. The maximum atomic E-state index is 12.7. The van der Waals surface area contributed by atoms with Gasteiger partial charge in [-0.15, -0.1) is 0 Å². The monoisotopic (exact) mass is 451 g/mol. The number of benzene rings is 1. The van der Waals surface area contributed by atoms with E-state index < -0.39 is 11.6 Å². The summed E-state index contributed by atoms with van der Waals surface area (Å²) >= 11 is 6.27. The van der Waals surface area contributed by atoms with Gasteiger partial charge in [0, 0.05) is 17.8 Å². The third-order valence-electron chi connectivity index (χ3n) is 3.59. The van der Waals surface area contributed by atoms with Gasteiger partial charge in [0.05, 0.1) is 20.1 Å². The molecule has 0 saturated heterocycles. The SMILES string of the molecule is CCNc1ccc(C(=O)c2coc3c2C(=O)C(=O)C(Br)=C3Br)cc1. The molecule has 1 heterocycles. The molecule has 0 spiro atoms. The zero-order valence-electron chi connectivity index (χ0n) is 12.5. The van der Waals surface area contributed by atoms with E-state index in [-0.39, 0.29) is 27.2 Å². The van der Waals surface area contributed by atoms with Gasteiger partial charge in [0.15, 0.2) is 11.5 Å². The van der Waals surface area contributed by atoms with Crippen molar-refractivity contribution in [3.63, 3.8) is 0 Å². The van der Waals surface area contributed by atoms with Crippen molar-refractivity contribution in [1.82, 2.24) is 0 Å². The molecule has 0 atom stereocenters. The standard InChI is InChI=1S/C17H11Br2NO4/c1-2-20-9-5-3-8(4-6-9)14(21)10-7-24-17-11(10)15(22)16(23)12(18)13(17)19/h3-7,20H,2H2,1H3. The molecule has 122 valence electrons. The Kier molecular flexibility index (Phi) is 4.56. The van der Waals surface area contributed by atoms with E-state index >= 15 is 0 Å². The van der Waals surface area contributed by atoms with Gasteiger partial charge in [0.25, 0.3) is 0 Å². The number of anilines is 1. The number of hydrogen-bond acceptors (Lipinski definition) is 5. The van der Waals surface area contributed by atoms with E-state index in [0.717, 1.165) is 12.2 Å². The third kappa shape index (κ3) is 2.67. The summed E-state index contributed by atoms with van der Waals surface area (Å²) in [6.45, 7) is 2.75. The van der Waals surface area contributed by atoms with E-state index in [4.69, 9.17) is 4.42 Å². The van der Waals surface area contributed by atoms with Crippen molar-refractivity contribution in [3.05, 3.63) is 57.5 Å². The molecule has 0 amide bonds. The van der Waals surface area contributed by atoms with Crippen molar-refractivity contribution in [2.24, 2.45) is 0 Å². The first-order valence-electron chi connectivity index (χ1n) is 7.10. The Balaban J connectivity index is 2.03. The number of ketones is 3. The lowest BCUT2D eigenvalue weighted by Gasteiger charge is -2.10. The summed E-state index contributed by atoms with van der Waals surface area (Å²) < 4.78 is 5.76. The molecule has 7 heteroatoms. The number of fused-ring (bicyclic) bond motifs is 1. The number of carbonyl (C=O) groups is 3. The molecule has 1 aliphatic carbocycles. The van der Waals surface area contributed by atoms with Gasteiger partial charge in [-0.25, -0.2) is 0 Å². The number of furan rings is 1. The Labute approximate surface area is 154 Å². The van der Waals surface area contributed by atoms with Crippen LogP contribution >= 0.6 is 31.9 Å². The van der Waals surface area contributed by atoms with Crippen molar-refractivity contribution in [2.75, 3.05) is 11.9 Å². The zero-order chi connectivity index (χ0) is 17.4. The fourth-order valence-electron chi connectivity index (χ4n) is 2.42. The second kappa shape index (κ2) is 6.49. The first-order chi connectivity index (χ1) is 11.5. The van der Waals surface area contributed by atoms with Crippen LogP contribution in [0.2, 0.25) is 0 Å². The molecule has 1 N–H and O–H groups in total. The quantitative estimate of drug-likeness (QED) is 0.556. The average molecular weight is 453 g/mol. The summed E-state index contributed by atoms with van der Waals surface area (Å²) in [5, 5.41) is 3.14. The number of hydrogen-bond donors (Lipinski definition) is 1. The molecular formula is C17H11Br2NO4. The minimum Gasteiger partial charge on any atom is -0.462 e. The minimum atomic E-state index is -0.763. The summed E-state index contributed by atoms with van der Waals surface area (Å²) in [6, 6.07) is 6.89. The van der Waals surface area contributed by atoms with Crippen molar-refractivity contribution in [1.29, 1.82) is 0 Å². The van der Waals surface area contributed by atoms with E-state index in [9.17, 15) is 14.4 Å². The van der Waals surface area contributed by atoms with Crippen LogP contribution < -0.4 is 5.32 Å². The predicted octanol–water partition coefficient (Wildman–Crippen LogP) is 4.17. The highest BCUT2D eigenvalue weighted by Crippen LogP contribution is 2.39. The topological polar surface area (TPSA) is 76.4 Å². The Morgan fingerprint density at radius 1 is 1.08 bits per heavy atom. The number of rotatable bonds is 4. The molecule has 0 aliphatic heterocycles. The highest BCUT2D eigenvalue weighted by molar-refractivity contribution is 9.16. The van der Waals surface area contributed by atoms with Gasteiger partial charge in [-0.1, -0.05) is 0 Å². The Hall–Kier alpha value is -1.99. The molecule has 0 saturated carbocycles. The van der Waals surface area contributed by atoms with Gasteiger partial charge in [-0.2, -0.15) is 0 Å². The van der Waals surface area contributed by atoms with Crippen LogP contribution in [-0.4, -0.2) is 23.9 Å². The normalized spacial score (nSPS) is 14.0. The molecule has 1 aromatic carbocycles. The largest absolute Gasteiger partial charge is 0.462 e. The summed E-state index contributed by atoms with van der Waals surface area (Å²) in [6.07, 6.45) is 1.21. The fraction of sp³-hybridized carbons (Fsp3) is 0.118. The van der Waals surface area contributed by atoms with Gasteiger partial charge < -0.3 is 9.73 Å². The summed E-state index contributed by atoms with van der Waals surface area (Å²) in [5.74, 6) is -1.67. The van der Waals surface area contributed by atoms with Crippen molar-refractivity contribution in [3.8, 4) is 0 Å². The number of Topliss-reactive ketones (excluding diaryl/α,β-unsaturated/α-hetero) is 2. The maximum Gasteiger partial charge on any atom is 0.241 e. The van der Waals surface area contributed by atoms with E-state index in [1.54, 1.807) is 24.3 Å². The molecule has 3 rings (SSSR count). The number of carbonyl (C=O) groups excluding carboxylic acids is 3. The lowest BCUT2D eigenvalue weighted by Crippen LogP contribution is -2.22. The maximum absolute atomic E-state index is 12.7. The second-order valence-corrected chi connectivity index (χ2v) is 6.66. The van der Waals surface area contributed by atoms with Crippen LogP contribution in [-0.2, 0) is 4.79 Å². The van der Waals surface area contributed by atoms with Crippen LogP contribution in [0.1, 0.15) is 39.0 Å². The smallest absolute Gasteiger partial charge is 0.241 e. The van der Waals surface area contributed by atoms with Crippen molar-refractivity contribution < 1.29 is 18.8 Å².